The Balaban J connectivity index is 2.00. The maximum atomic E-state index is 12.7. The fraction of sp³-hybridized carbons (Fsp3) is 0.188. The first-order valence-corrected chi connectivity index (χ1v) is 7.26. The Hall–Kier alpha value is -2.01. The Kier molecular flexibility index (Phi) is 3.84. The number of ketones is 1. The van der Waals surface area contributed by atoms with Gasteiger partial charge < -0.3 is 14.2 Å². The third kappa shape index (κ3) is 2.74. The zero-order chi connectivity index (χ0) is 14.8. The van der Waals surface area contributed by atoms with E-state index in [1.165, 1.54) is 0 Å². The van der Waals surface area contributed by atoms with Gasteiger partial charge in [0.15, 0.2) is 17.3 Å². The molecule has 0 N–H and O–H groups in total. The molecule has 0 aromatic heterocycles. The van der Waals surface area contributed by atoms with Crippen LogP contribution in [-0.2, 0) is 0 Å². The van der Waals surface area contributed by atoms with Crippen LogP contribution in [-0.4, -0.2) is 26.1 Å². The smallest absolute Gasteiger partial charge is 0.196 e. The number of methoxy groups -OCH3 is 1. The lowest BCUT2D eigenvalue weighted by atomic mass is 10.0. The van der Waals surface area contributed by atoms with Crippen LogP contribution in [0.4, 0.5) is 0 Å². The number of hydrogen-bond acceptors (Lipinski definition) is 4. The summed E-state index contributed by atoms with van der Waals surface area (Å²) in [6.07, 6.45) is 0. The molecule has 1 aliphatic heterocycles. The Labute approximate surface area is 130 Å². The number of hydrogen-bond donors (Lipinski definition) is 0. The first-order chi connectivity index (χ1) is 10.2. The average molecular weight is 349 g/mol. The third-order valence-electron chi connectivity index (χ3n) is 3.21. The topological polar surface area (TPSA) is 44.8 Å². The lowest BCUT2D eigenvalue weighted by Gasteiger charge is -2.18. The van der Waals surface area contributed by atoms with E-state index in [1.54, 1.807) is 37.4 Å². The number of halogens is 1. The van der Waals surface area contributed by atoms with E-state index < -0.39 is 0 Å². The van der Waals surface area contributed by atoms with Gasteiger partial charge in [-0.25, -0.2) is 0 Å². The highest BCUT2D eigenvalue weighted by molar-refractivity contribution is 9.10. The van der Waals surface area contributed by atoms with Gasteiger partial charge in [0.1, 0.15) is 19.0 Å². The van der Waals surface area contributed by atoms with Crippen LogP contribution < -0.4 is 14.2 Å². The molecule has 0 spiro atoms. The molecule has 0 saturated carbocycles. The predicted octanol–water partition coefficient (Wildman–Crippen LogP) is 3.46. The summed E-state index contributed by atoms with van der Waals surface area (Å²) in [5.41, 5.74) is 1.04. The van der Waals surface area contributed by atoms with Crippen molar-refractivity contribution < 1.29 is 19.0 Å². The van der Waals surface area contributed by atoms with Crippen molar-refractivity contribution in [3.63, 3.8) is 0 Å². The van der Waals surface area contributed by atoms with Crippen molar-refractivity contribution in [2.24, 2.45) is 0 Å². The van der Waals surface area contributed by atoms with Crippen LogP contribution in [0.15, 0.2) is 40.9 Å². The summed E-state index contributed by atoms with van der Waals surface area (Å²) < 4.78 is 17.1. The molecule has 1 aliphatic rings. The molecule has 5 heteroatoms. The first-order valence-electron chi connectivity index (χ1n) is 6.47. The summed E-state index contributed by atoms with van der Waals surface area (Å²) >= 11 is 3.37. The van der Waals surface area contributed by atoms with E-state index in [1.807, 2.05) is 6.07 Å². The van der Waals surface area contributed by atoms with Gasteiger partial charge in [0.25, 0.3) is 0 Å². The van der Waals surface area contributed by atoms with Crippen LogP contribution in [0, 0.1) is 0 Å². The Morgan fingerprint density at radius 3 is 2.62 bits per heavy atom. The largest absolute Gasteiger partial charge is 0.496 e. The summed E-state index contributed by atoms with van der Waals surface area (Å²) in [6, 6.07) is 10.5. The Morgan fingerprint density at radius 1 is 1.10 bits per heavy atom. The fourth-order valence-corrected chi connectivity index (χ4v) is 2.56. The molecule has 0 radical (unpaired) electrons. The van der Waals surface area contributed by atoms with Crippen LogP contribution in [0.5, 0.6) is 17.2 Å². The van der Waals surface area contributed by atoms with Crippen molar-refractivity contribution in [2.45, 2.75) is 0 Å². The SMILES string of the molecule is COc1ccc(Br)cc1C(=O)c1ccc2c(c1)OCCO2. The van der Waals surface area contributed by atoms with Gasteiger partial charge >= 0.3 is 0 Å². The van der Waals surface area contributed by atoms with Gasteiger partial charge in [-0.1, -0.05) is 15.9 Å². The van der Waals surface area contributed by atoms with Crippen LogP contribution in [0.2, 0.25) is 0 Å². The molecule has 1 heterocycles. The highest BCUT2D eigenvalue weighted by Crippen LogP contribution is 2.33. The molecule has 3 rings (SSSR count). The molecule has 0 unspecified atom stereocenters. The average Bonchev–Trinajstić information content (AvgIpc) is 2.53. The van der Waals surface area contributed by atoms with Crippen LogP contribution in [0.25, 0.3) is 0 Å². The highest BCUT2D eigenvalue weighted by Gasteiger charge is 2.18. The number of benzene rings is 2. The maximum absolute atomic E-state index is 12.7. The molecular weight excluding hydrogens is 336 g/mol. The Bertz CT molecular complexity index is 697. The van der Waals surface area contributed by atoms with E-state index in [9.17, 15) is 4.79 Å². The molecule has 0 bridgehead atoms. The second-order valence-corrected chi connectivity index (χ2v) is 5.45. The van der Waals surface area contributed by atoms with Gasteiger partial charge in [-0.05, 0) is 36.4 Å². The fourth-order valence-electron chi connectivity index (χ4n) is 2.20. The quantitative estimate of drug-likeness (QED) is 0.796. The molecule has 0 atom stereocenters. The minimum atomic E-state index is -0.120. The van der Waals surface area contributed by atoms with E-state index in [-0.39, 0.29) is 5.78 Å². The maximum Gasteiger partial charge on any atom is 0.196 e. The van der Waals surface area contributed by atoms with Crippen LogP contribution >= 0.6 is 15.9 Å². The zero-order valence-electron chi connectivity index (χ0n) is 11.4. The van der Waals surface area contributed by atoms with Crippen molar-refractivity contribution >= 4 is 21.7 Å². The van der Waals surface area contributed by atoms with E-state index in [2.05, 4.69) is 15.9 Å². The highest BCUT2D eigenvalue weighted by atomic mass is 79.9. The molecule has 2 aromatic rings. The minimum absolute atomic E-state index is 0.120. The molecule has 4 nitrogen and oxygen atoms in total. The van der Waals surface area contributed by atoms with Gasteiger partial charge in [0.2, 0.25) is 0 Å². The molecule has 0 amide bonds. The van der Waals surface area contributed by atoms with Gasteiger partial charge in [-0.3, -0.25) is 4.79 Å². The van der Waals surface area contributed by atoms with Gasteiger partial charge in [-0.15, -0.1) is 0 Å². The van der Waals surface area contributed by atoms with Crippen LogP contribution in [0.1, 0.15) is 15.9 Å². The lowest BCUT2D eigenvalue weighted by molar-refractivity contribution is 0.103. The van der Waals surface area contributed by atoms with E-state index in [0.717, 1.165) is 4.47 Å². The molecule has 108 valence electrons. The zero-order valence-corrected chi connectivity index (χ0v) is 13.0. The molecule has 2 aromatic carbocycles. The number of rotatable bonds is 3. The molecule has 21 heavy (non-hydrogen) atoms. The van der Waals surface area contributed by atoms with Gasteiger partial charge in [-0.2, -0.15) is 0 Å². The second-order valence-electron chi connectivity index (χ2n) is 4.53. The van der Waals surface area contributed by atoms with E-state index >= 15 is 0 Å². The minimum Gasteiger partial charge on any atom is -0.496 e. The molecule has 0 saturated heterocycles. The van der Waals surface area contributed by atoms with Crippen LogP contribution in [0.3, 0.4) is 0 Å². The normalized spacial score (nSPS) is 12.9. The summed E-state index contributed by atoms with van der Waals surface area (Å²) in [6.45, 7) is 1.02. The van der Waals surface area contributed by atoms with E-state index in [4.69, 9.17) is 14.2 Å². The summed E-state index contributed by atoms with van der Waals surface area (Å²) in [4.78, 5) is 12.7. The first kappa shape index (κ1) is 13.9. The number of carbonyl (C=O) groups excluding carboxylic acids is 1. The number of fused-ring (bicyclic) bond motifs is 1. The standard InChI is InChI=1S/C16H13BrO4/c1-19-13-5-3-11(17)9-12(13)16(18)10-2-4-14-15(8-10)21-7-6-20-14/h2-5,8-9H,6-7H2,1H3. The lowest BCUT2D eigenvalue weighted by Crippen LogP contribution is -2.16. The molecule has 0 fully saturated rings. The predicted molar refractivity (Wildman–Crippen MR) is 81.6 cm³/mol. The van der Waals surface area contributed by atoms with Crippen molar-refractivity contribution in [1.29, 1.82) is 0 Å². The monoisotopic (exact) mass is 348 g/mol. The third-order valence-corrected chi connectivity index (χ3v) is 3.70. The molecular formula is C16H13BrO4. The van der Waals surface area contributed by atoms with Crippen molar-refractivity contribution in [2.75, 3.05) is 20.3 Å². The van der Waals surface area contributed by atoms with Crippen molar-refractivity contribution in [3.05, 3.63) is 52.0 Å². The van der Waals surface area contributed by atoms with Crippen molar-refractivity contribution in [1.82, 2.24) is 0 Å². The summed E-state index contributed by atoms with van der Waals surface area (Å²) in [5.74, 6) is 1.68. The summed E-state index contributed by atoms with van der Waals surface area (Å²) in [7, 11) is 1.55. The van der Waals surface area contributed by atoms with Gasteiger partial charge in [0.05, 0.1) is 12.7 Å². The van der Waals surface area contributed by atoms with Crippen molar-refractivity contribution in [3.8, 4) is 17.2 Å². The number of carbonyl (C=O) groups is 1. The van der Waals surface area contributed by atoms with E-state index in [0.29, 0.717) is 41.6 Å². The Morgan fingerprint density at radius 2 is 1.86 bits per heavy atom. The second kappa shape index (κ2) is 5.77. The number of ether oxygens (including phenoxy) is 3. The van der Waals surface area contributed by atoms with Gasteiger partial charge in [0, 0.05) is 10.0 Å². The molecule has 0 aliphatic carbocycles. The summed E-state index contributed by atoms with van der Waals surface area (Å²) in [5, 5.41) is 0.